The Morgan fingerprint density at radius 3 is 2.96 bits per heavy atom. The standard InChI is InChI=1S/C19H17ClN6O/c1-10-11(2-3-17(20)23-10)6-14-13-7-16(13)26(19(14)27)18-8-15(24-25-18)12-4-5-21-22-9-12/h2-5,8-9,13-14,16H,6-7H2,1H3,(H,24,25)/t13-,14+,16-/m0/s1. The maximum Gasteiger partial charge on any atom is 0.232 e. The average molecular weight is 381 g/mol. The summed E-state index contributed by atoms with van der Waals surface area (Å²) in [6.45, 7) is 1.94. The molecule has 1 aliphatic heterocycles. The number of pyridine rings is 1. The monoisotopic (exact) mass is 380 g/mol. The number of carbonyl (C=O) groups excluding carboxylic acids is 1. The van der Waals surface area contributed by atoms with Crippen molar-refractivity contribution in [3.05, 3.63) is 53.1 Å². The SMILES string of the molecule is Cc1nc(Cl)ccc1C[C@H]1C(=O)N(c2cc(-c3ccnnc3)[nH]n2)[C@H]2C[C@@H]12. The number of H-pyrrole nitrogens is 1. The van der Waals surface area contributed by atoms with Crippen LogP contribution in [-0.4, -0.2) is 37.3 Å². The van der Waals surface area contributed by atoms with Gasteiger partial charge in [0.2, 0.25) is 5.91 Å². The molecule has 0 radical (unpaired) electrons. The highest BCUT2D eigenvalue weighted by molar-refractivity contribution is 6.29. The predicted molar refractivity (Wildman–Crippen MR) is 100 cm³/mol. The molecule has 3 aromatic heterocycles. The Balaban J connectivity index is 1.39. The number of hydrogen-bond acceptors (Lipinski definition) is 5. The largest absolute Gasteiger partial charge is 0.292 e. The Hall–Kier alpha value is -2.80. The fourth-order valence-corrected chi connectivity index (χ4v) is 4.21. The summed E-state index contributed by atoms with van der Waals surface area (Å²) >= 11 is 5.95. The minimum absolute atomic E-state index is 0.0283. The van der Waals surface area contributed by atoms with E-state index in [9.17, 15) is 4.79 Å². The lowest BCUT2D eigenvalue weighted by Crippen LogP contribution is -2.32. The van der Waals surface area contributed by atoms with Crippen LogP contribution in [0.4, 0.5) is 5.82 Å². The lowest BCUT2D eigenvalue weighted by Gasteiger charge is -2.18. The van der Waals surface area contributed by atoms with Gasteiger partial charge in [-0.1, -0.05) is 17.7 Å². The molecule has 1 saturated heterocycles. The second-order valence-corrected chi connectivity index (χ2v) is 7.52. The molecule has 0 unspecified atom stereocenters. The second kappa shape index (κ2) is 6.13. The summed E-state index contributed by atoms with van der Waals surface area (Å²) in [6.07, 6.45) is 5.02. The Morgan fingerprint density at radius 2 is 2.19 bits per heavy atom. The van der Waals surface area contributed by atoms with Gasteiger partial charge in [-0.15, -0.1) is 0 Å². The Kier molecular flexibility index (Phi) is 3.72. The van der Waals surface area contributed by atoms with E-state index in [2.05, 4.69) is 25.4 Å². The van der Waals surface area contributed by atoms with Gasteiger partial charge >= 0.3 is 0 Å². The van der Waals surface area contributed by atoms with Crippen LogP contribution in [0.15, 0.2) is 36.7 Å². The molecule has 27 heavy (non-hydrogen) atoms. The van der Waals surface area contributed by atoms with Crippen molar-refractivity contribution in [1.82, 2.24) is 25.4 Å². The molecule has 2 aliphatic rings. The van der Waals surface area contributed by atoms with E-state index in [1.165, 1.54) is 0 Å². The quantitative estimate of drug-likeness (QED) is 0.703. The topological polar surface area (TPSA) is 87.7 Å². The number of carbonyl (C=O) groups is 1. The number of rotatable bonds is 4. The van der Waals surface area contributed by atoms with Crippen LogP contribution in [-0.2, 0) is 11.2 Å². The highest BCUT2D eigenvalue weighted by atomic mass is 35.5. The fraction of sp³-hybridized carbons (Fsp3) is 0.316. The van der Waals surface area contributed by atoms with Gasteiger partial charge in [-0.2, -0.15) is 15.3 Å². The number of aromatic nitrogens is 5. The van der Waals surface area contributed by atoms with Gasteiger partial charge in [-0.05, 0) is 43.4 Å². The fourth-order valence-electron chi connectivity index (χ4n) is 4.02. The van der Waals surface area contributed by atoms with Crippen LogP contribution in [0.1, 0.15) is 17.7 Å². The Labute approximate surface area is 160 Å². The lowest BCUT2D eigenvalue weighted by atomic mass is 9.94. The van der Waals surface area contributed by atoms with Gasteiger partial charge in [-0.3, -0.25) is 14.8 Å². The van der Waals surface area contributed by atoms with E-state index >= 15 is 0 Å². The average Bonchev–Trinajstić information content (AvgIpc) is 3.18. The summed E-state index contributed by atoms with van der Waals surface area (Å²) in [5.41, 5.74) is 3.68. The number of aryl methyl sites for hydroxylation is 1. The number of hydrogen-bond donors (Lipinski definition) is 1. The third-order valence-electron chi connectivity index (χ3n) is 5.52. The molecule has 3 aromatic rings. The number of aromatic amines is 1. The van der Waals surface area contributed by atoms with Crippen LogP contribution >= 0.6 is 11.6 Å². The molecule has 5 rings (SSSR count). The molecular weight excluding hydrogens is 364 g/mol. The van der Waals surface area contributed by atoms with E-state index < -0.39 is 0 Å². The van der Waals surface area contributed by atoms with Gasteiger partial charge in [0.05, 0.1) is 18.1 Å². The molecule has 0 bridgehead atoms. The first-order valence-electron chi connectivity index (χ1n) is 8.89. The van der Waals surface area contributed by atoms with Crippen LogP contribution in [0.25, 0.3) is 11.3 Å². The van der Waals surface area contributed by atoms with Crippen molar-refractivity contribution < 1.29 is 4.79 Å². The number of fused-ring (bicyclic) bond motifs is 1. The third-order valence-corrected chi connectivity index (χ3v) is 5.73. The Morgan fingerprint density at radius 1 is 1.30 bits per heavy atom. The van der Waals surface area contributed by atoms with E-state index in [0.717, 1.165) is 28.9 Å². The first-order chi connectivity index (χ1) is 13.1. The van der Waals surface area contributed by atoms with Crippen molar-refractivity contribution >= 4 is 23.3 Å². The maximum atomic E-state index is 13.1. The highest BCUT2D eigenvalue weighted by Crippen LogP contribution is 2.51. The van der Waals surface area contributed by atoms with Gasteiger partial charge in [0.1, 0.15) is 5.15 Å². The molecule has 136 valence electrons. The van der Waals surface area contributed by atoms with E-state index in [4.69, 9.17) is 11.6 Å². The molecule has 7 nitrogen and oxygen atoms in total. The molecule has 0 aromatic carbocycles. The molecule has 1 N–H and O–H groups in total. The lowest BCUT2D eigenvalue weighted by molar-refractivity contribution is -0.121. The van der Waals surface area contributed by atoms with Crippen molar-refractivity contribution in [2.45, 2.75) is 25.8 Å². The zero-order chi connectivity index (χ0) is 18.5. The van der Waals surface area contributed by atoms with Crippen molar-refractivity contribution in [3.63, 3.8) is 0 Å². The molecule has 4 heterocycles. The first kappa shape index (κ1) is 16.4. The molecule has 1 aliphatic carbocycles. The zero-order valence-electron chi connectivity index (χ0n) is 14.6. The number of piperidine rings is 1. The van der Waals surface area contributed by atoms with Crippen LogP contribution in [0, 0.1) is 18.8 Å². The molecule has 1 saturated carbocycles. The molecule has 0 spiro atoms. The summed E-state index contributed by atoms with van der Waals surface area (Å²) in [5.74, 6) is 1.17. The summed E-state index contributed by atoms with van der Waals surface area (Å²) < 4.78 is 0. The summed E-state index contributed by atoms with van der Waals surface area (Å²) in [7, 11) is 0. The molecule has 8 heteroatoms. The number of nitrogens with zero attached hydrogens (tertiary/aromatic N) is 5. The molecule has 1 amide bonds. The molecule has 2 fully saturated rings. The van der Waals surface area contributed by atoms with Crippen molar-refractivity contribution in [3.8, 4) is 11.3 Å². The normalized spacial score (nSPS) is 23.6. The van der Waals surface area contributed by atoms with Gasteiger partial charge in [0.25, 0.3) is 0 Å². The van der Waals surface area contributed by atoms with E-state index in [1.807, 2.05) is 30.0 Å². The zero-order valence-corrected chi connectivity index (χ0v) is 15.4. The van der Waals surface area contributed by atoms with Gasteiger partial charge in [0, 0.05) is 29.3 Å². The molecular formula is C19H17ClN6O. The van der Waals surface area contributed by atoms with E-state index in [1.54, 1.807) is 18.5 Å². The minimum Gasteiger partial charge on any atom is -0.292 e. The predicted octanol–water partition coefficient (Wildman–Crippen LogP) is 2.82. The van der Waals surface area contributed by atoms with Crippen molar-refractivity contribution in [1.29, 1.82) is 0 Å². The summed E-state index contributed by atoms with van der Waals surface area (Å²) in [5, 5.41) is 15.5. The second-order valence-electron chi connectivity index (χ2n) is 7.14. The first-order valence-corrected chi connectivity index (χ1v) is 9.27. The van der Waals surface area contributed by atoms with Crippen LogP contribution in [0.5, 0.6) is 0 Å². The van der Waals surface area contributed by atoms with E-state index in [-0.39, 0.29) is 17.9 Å². The van der Waals surface area contributed by atoms with Crippen LogP contribution < -0.4 is 4.90 Å². The van der Waals surface area contributed by atoms with Crippen LogP contribution in [0.3, 0.4) is 0 Å². The number of anilines is 1. The van der Waals surface area contributed by atoms with Gasteiger partial charge in [-0.25, -0.2) is 4.98 Å². The third kappa shape index (κ3) is 2.78. The number of amides is 1. The van der Waals surface area contributed by atoms with Gasteiger partial charge in [0.15, 0.2) is 5.82 Å². The van der Waals surface area contributed by atoms with Crippen LogP contribution in [0.2, 0.25) is 5.15 Å². The number of nitrogens with one attached hydrogen (secondary N) is 1. The number of halogens is 1. The maximum absolute atomic E-state index is 13.1. The van der Waals surface area contributed by atoms with Gasteiger partial charge < -0.3 is 0 Å². The Bertz CT molecular complexity index is 1020. The highest BCUT2D eigenvalue weighted by Gasteiger charge is 2.59. The molecule has 3 atom stereocenters. The smallest absolute Gasteiger partial charge is 0.232 e. The summed E-state index contributed by atoms with van der Waals surface area (Å²) in [6, 6.07) is 7.77. The van der Waals surface area contributed by atoms with Crippen molar-refractivity contribution in [2.24, 2.45) is 11.8 Å². The summed E-state index contributed by atoms with van der Waals surface area (Å²) in [4.78, 5) is 19.2. The van der Waals surface area contributed by atoms with E-state index in [0.29, 0.717) is 23.3 Å². The minimum atomic E-state index is -0.0283. The van der Waals surface area contributed by atoms with Crippen molar-refractivity contribution in [2.75, 3.05) is 4.90 Å².